The van der Waals surface area contributed by atoms with Crippen LogP contribution < -0.4 is 0 Å². The highest BCUT2D eigenvalue weighted by atomic mass is 16.6. The lowest BCUT2D eigenvalue weighted by Crippen LogP contribution is -2.01. The Balaban J connectivity index is 3.19. The molecule has 0 spiro atoms. The van der Waals surface area contributed by atoms with Crippen LogP contribution in [0.3, 0.4) is 0 Å². The molecule has 80 valence electrons. The smallest absolute Gasteiger partial charge is 0.343 e. The number of rotatable bonds is 3. The van der Waals surface area contributed by atoms with Crippen molar-refractivity contribution in [1.82, 2.24) is 0 Å². The maximum Gasteiger partial charge on any atom is 0.343 e. The zero-order chi connectivity index (χ0) is 11.4. The maximum atomic E-state index is 11.4. The Morgan fingerprint density at radius 2 is 1.73 bits per heavy atom. The topological polar surface area (TPSA) is 81.6 Å². The van der Waals surface area contributed by atoms with Gasteiger partial charge in [-0.1, -0.05) is 12.1 Å². The van der Waals surface area contributed by atoms with Gasteiger partial charge in [0.1, 0.15) is 6.04 Å². The molecule has 6 nitrogen and oxygen atoms in total. The van der Waals surface area contributed by atoms with E-state index >= 15 is 0 Å². The molecule has 0 fully saturated rings. The molecule has 1 rings (SSSR count). The summed E-state index contributed by atoms with van der Waals surface area (Å²) in [6.07, 6.45) is 0. The van der Waals surface area contributed by atoms with Crippen molar-refractivity contribution in [1.29, 1.82) is 0 Å². The van der Waals surface area contributed by atoms with Gasteiger partial charge in [0.2, 0.25) is 0 Å². The molecule has 1 aromatic carbocycles. The van der Waals surface area contributed by atoms with Crippen molar-refractivity contribution in [3.8, 4) is 0 Å². The highest BCUT2D eigenvalue weighted by Gasteiger charge is 2.20. The summed E-state index contributed by atoms with van der Waals surface area (Å²) in [4.78, 5) is 10.3. The van der Waals surface area contributed by atoms with E-state index in [-0.39, 0.29) is 17.4 Å². The number of nitrogens with zero attached hydrogens (tertiary/aromatic N) is 3. The minimum absolute atomic E-state index is 0.0452. The molecule has 0 saturated carbocycles. The van der Waals surface area contributed by atoms with Gasteiger partial charge in [0, 0.05) is 12.1 Å². The number of azo groups is 1. The fourth-order valence-electron chi connectivity index (χ4n) is 1.05. The van der Waals surface area contributed by atoms with E-state index in [0.717, 1.165) is 0 Å². The normalized spacial score (nSPS) is 11.8. The molecular weight excluding hydrogens is 198 g/mol. The van der Waals surface area contributed by atoms with Gasteiger partial charge in [-0.05, 0) is 23.8 Å². The molecule has 0 N–H and O–H groups in total. The van der Waals surface area contributed by atoms with Gasteiger partial charge in [0.15, 0.2) is 0 Å². The fourth-order valence-corrected chi connectivity index (χ4v) is 1.05. The molecule has 1 aromatic rings. The number of nitro groups is 1. The predicted molar refractivity (Wildman–Crippen MR) is 53.9 cm³/mol. The molecule has 0 saturated heterocycles. The Hall–Kier alpha value is -1.98. The molecular formula is C9H11N3O3. The SMILES string of the molecule is CC(C)N=[N+]([O-])c1ccccc1[N+](=O)[O-]. The van der Waals surface area contributed by atoms with Crippen LogP contribution in [0.1, 0.15) is 13.8 Å². The van der Waals surface area contributed by atoms with Gasteiger partial charge in [-0.2, -0.15) is 0 Å². The first-order valence-corrected chi connectivity index (χ1v) is 4.44. The second kappa shape index (κ2) is 4.50. The third kappa shape index (κ3) is 2.73. The lowest BCUT2D eigenvalue weighted by atomic mass is 10.3. The van der Waals surface area contributed by atoms with Crippen LogP contribution in [0.25, 0.3) is 0 Å². The molecule has 15 heavy (non-hydrogen) atoms. The standard InChI is InChI=1S/C9H11N3O3/c1-7(2)10-11(13)8-5-3-4-6-9(8)12(14)15/h3-7H,1-2H3. The first-order valence-electron chi connectivity index (χ1n) is 4.44. The molecule has 0 aromatic heterocycles. The third-order valence-corrected chi connectivity index (χ3v) is 1.62. The zero-order valence-electron chi connectivity index (χ0n) is 8.45. The van der Waals surface area contributed by atoms with Crippen LogP contribution in [0.5, 0.6) is 0 Å². The number of nitro benzene ring substituents is 1. The van der Waals surface area contributed by atoms with Crippen LogP contribution in [0.15, 0.2) is 29.4 Å². The van der Waals surface area contributed by atoms with Gasteiger partial charge in [-0.15, -0.1) is 0 Å². The van der Waals surface area contributed by atoms with Gasteiger partial charge < -0.3 is 5.21 Å². The minimum atomic E-state index is -0.601. The molecule has 0 unspecified atom stereocenters. The molecule has 0 aliphatic heterocycles. The third-order valence-electron chi connectivity index (χ3n) is 1.62. The predicted octanol–water partition coefficient (Wildman–Crippen LogP) is 2.60. The summed E-state index contributed by atoms with van der Waals surface area (Å²) in [7, 11) is 0. The van der Waals surface area contributed by atoms with Crippen LogP contribution in [0.2, 0.25) is 0 Å². The van der Waals surface area contributed by atoms with Crippen molar-refractivity contribution in [2.75, 3.05) is 0 Å². The molecule has 6 heteroatoms. The van der Waals surface area contributed by atoms with E-state index < -0.39 is 4.92 Å². The first-order chi connectivity index (χ1) is 7.02. The van der Waals surface area contributed by atoms with E-state index in [4.69, 9.17) is 0 Å². The molecule has 0 radical (unpaired) electrons. The Morgan fingerprint density at radius 1 is 1.20 bits per heavy atom. The molecule has 0 heterocycles. The van der Waals surface area contributed by atoms with Crippen molar-refractivity contribution in [2.24, 2.45) is 5.11 Å². The van der Waals surface area contributed by atoms with Crippen LogP contribution in [0, 0.1) is 15.3 Å². The van der Waals surface area contributed by atoms with Crippen LogP contribution in [-0.4, -0.2) is 15.8 Å². The second-order valence-electron chi connectivity index (χ2n) is 3.23. The van der Waals surface area contributed by atoms with Gasteiger partial charge in [-0.25, -0.2) is 0 Å². The molecule has 0 aliphatic rings. The number of hydrogen-bond acceptors (Lipinski definition) is 4. The first kappa shape index (κ1) is 11.1. The summed E-state index contributed by atoms with van der Waals surface area (Å²) in [6.45, 7) is 3.44. The summed E-state index contributed by atoms with van der Waals surface area (Å²) >= 11 is 0. The van der Waals surface area contributed by atoms with Gasteiger partial charge in [0.05, 0.1) is 4.92 Å². The van der Waals surface area contributed by atoms with E-state index in [9.17, 15) is 15.3 Å². The van der Waals surface area contributed by atoms with E-state index in [0.29, 0.717) is 4.86 Å². The molecule has 0 atom stereocenters. The Labute approximate surface area is 86.6 Å². The van der Waals surface area contributed by atoms with Crippen molar-refractivity contribution in [3.05, 3.63) is 39.6 Å². The highest BCUT2D eigenvalue weighted by molar-refractivity contribution is 5.51. The summed E-state index contributed by atoms with van der Waals surface area (Å²) in [5.74, 6) is 0. The van der Waals surface area contributed by atoms with Gasteiger partial charge >= 0.3 is 11.4 Å². The largest absolute Gasteiger partial charge is 0.594 e. The Bertz CT molecular complexity index is 401. The maximum absolute atomic E-state index is 11.4. The molecule has 0 bridgehead atoms. The number of para-hydroxylation sites is 2. The number of benzene rings is 1. The Kier molecular flexibility index (Phi) is 3.33. The average Bonchev–Trinajstić information content (AvgIpc) is 2.16. The van der Waals surface area contributed by atoms with Crippen molar-refractivity contribution < 1.29 is 9.78 Å². The van der Waals surface area contributed by atoms with Crippen molar-refractivity contribution in [3.63, 3.8) is 0 Å². The van der Waals surface area contributed by atoms with Crippen molar-refractivity contribution in [2.45, 2.75) is 19.9 Å². The summed E-state index contributed by atoms with van der Waals surface area (Å²) in [5.41, 5.74) is -0.284. The summed E-state index contributed by atoms with van der Waals surface area (Å²) < 4.78 is 0. The van der Waals surface area contributed by atoms with Crippen molar-refractivity contribution >= 4 is 11.4 Å². The van der Waals surface area contributed by atoms with E-state index in [2.05, 4.69) is 5.11 Å². The lowest BCUT2D eigenvalue weighted by Gasteiger charge is -2.01. The highest BCUT2D eigenvalue weighted by Crippen LogP contribution is 2.25. The fraction of sp³-hybridized carbons (Fsp3) is 0.333. The quantitative estimate of drug-likeness (QED) is 0.332. The Morgan fingerprint density at radius 3 is 2.20 bits per heavy atom. The number of hydrogen-bond donors (Lipinski definition) is 0. The van der Waals surface area contributed by atoms with Crippen LogP contribution >= 0.6 is 0 Å². The van der Waals surface area contributed by atoms with Crippen LogP contribution in [-0.2, 0) is 0 Å². The van der Waals surface area contributed by atoms with Crippen LogP contribution in [0.4, 0.5) is 11.4 Å². The van der Waals surface area contributed by atoms with E-state index in [1.807, 2.05) is 0 Å². The monoisotopic (exact) mass is 209 g/mol. The van der Waals surface area contributed by atoms with E-state index in [1.165, 1.54) is 18.2 Å². The van der Waals surface area contributed by atoms with E-state index in [1.54, 1.807) is 19.9 Å². The summed E-state index contributed by atoms with van der Waals surface area (Å²) in [6, 6.07) is 5.50. The zero-order valence-corrected chi connectivity index (χ0v) is 8.45. The lowest BCUT2D eigenvalue weighted by molar-refractivity contribution is -0.461. The second-order valence-corrected chi connectivity index (χ2v) is 3.23. The van der Waals surface area contributed by atoms with Gasteiger partial charge in [0.25, 0.3) is 0 Å². The summed E-state index contributed by atoms with van der Waals surface area (Å²) in [5, 5.41) is 25.7. The average molecular weight is 209 g/mol. The molecule has 0 aliphatic carbocycles. The van der Waals surface area contributed by atoms with Gasteiger partial charge in [-0.3, -0.25) is 10.1 Å². The minimum Gasteiger partial charge on any atom is -0.594 e. The molecule has 0 amide bonds.